The summed E-state index contributed by atoms with van der Waals surface area (Å²) in [4.78, 5) is 26.4. The number of aromatic nitrogens is 2. The molecule has 148 valence electrons. The number of hydrogen-bond donors (Lipinski definition) is 0. The minimum Gasteiger partial charge on any atom is -0.353 e. The third-order valence-electron chi connectivity index (χ3n) is 6.28. The maximum atomic E-state index is 12.6. The summed E-state index contributed by atoms with van der Waals surface area (Å²) in [5.74, 6) is 2.51. The van der Waals surface area contributed by atoms with E-state index < -0.39 is 0 Å². The lowest BCUT2D eigenvalue weighted by Gasteiger charge is -2.39. The number of aryl methyl sites for hydroxylation is 3. The second-order valence-corrected chi connectivity index (χ2v) is 8.20. The molecule has 0 atom stereocenters. The molecule has 0 spiro atoms. The molecule has 0 radical (unpaired) electrons. The lowest BCUT2D eigenvalue weighted by atomic mass is 9.84. The Morgan fingerprint density at radius 1 is 1.04 bits per heavy atom. The van der Waals surface area contributed by atoms with Gasteiger partial charge in [0.1, 0.15) is 11.6 Å². The van der Waals surface area contributed by atoms with Crippen LogP contribution in [0.15, 0.2) is 24.3 Å². The van der Waals surface area contributed by atoms with Crippen molar-refractivity contribution >= 4 is 11.7 Å². The third kappa shape index (κ3) is 3.75. The molecule has 0 N–H and O–H groups in total. The van der Waals surface area contributed by atoms with E-state index >= 15 is 0 Å². The Morgan fingerprint density at radius 3 is 2.39 bits per heavy atom. The highest BCUT2D eigenvalue weighted by Crippen LogP contribution is 2.30. The van der Waals surface area contributed by atoms with E-state index in [0.717, 1.165) is 62.8 Å². The van der Waals surface area contributed by atoms with Gasteiger partial charge in [0.15, 0.2) is 0 Å². The van der Waals surface area contributed by atoms with Crippen molar-refractivity contribution in [1.82, 2.24) is 14.9 Å². The molecule has 2 fully saturated rings. The zero-order valence-electron chi connectivity index (χ0n) is 17.2. The molecule has 2 aliphatic rings. The molecule has 2 aromatic rings. The first kappa shape index (κ1) is 18.9. The van der Waals surface area contributed by atoms with E-state index in [1.54, 1.807) is 0 Å². The summed E-state index contributed by atoms with van der Waals surface area (Å²) in [6.45, 7) is 9.48. The smallest absolute Gasteiger partial charge is 0.225 e. The van der Waals surface area contributed by atoms with Crippen molar-refractivity contribution in [2.75, 3.05) is 31.1 Å². The molecule has 1 amide bonds. The van der Waals surface area contributed by atoms with Gasteiger partial charge >= 0.3 is 0 Å². The number of amides is 1. The van der Waals surface area contributed by atoms with Gasteiger partial charge in [-0.25, -0.2) is 9.97 Å². The standard InChI is InChI=1S/C23H30N4O/c1-16-7-4-5-8-20(16)15-21-17(2)24-18(3)25-22(21)26-11-13-27(14-12-26)23(28)19-9-6-10-19/h4-5,7-8,19H,6,9-15H2,1-3H3. The number of benzene rings is 1. The molecule has 0 unspecified atom stereocenters. The SMILES string of the molecule is Cc1nc(C)c(Cc2ccccc2C)c(N2CCN(C(=O)C3CCC3)CC2)n1. The minimum atomic E-state index is 0.284. The number of carbonyl (C=O) groups excluding carboxylic acids is 1. The summed E-state index contributed by atoms with van der Waals surface area (Å²) in [5, 5.41) is 0. The molecule has 1 aromatic heterocycles. The second kappa shape index (κ2) is 7.90. The monoisotopic (exact) mass is 378 g/mol. The number of anilines is 1. The first-order valence-electron chi connectivity index (χ1n) is 10.5. The van der Waals surface area contributed by atoms with Crippen LogP contribution < -0.4 is 4.90 Å². The second-order valence-electron chi connectivity index (χ2n) is 8.20. The van der Waals surface area contributed by atoms with E-state index in [4.69, 9.17) is 4.98 Å². The minimum absolute atomic E-state index is 0.284. The zero-order valence-corrected chi connectivity index (χ0v) is 17.2. The molecule has 0 bridgehead atoms. The van der Waals surface area contributed by atoms with Crippen LogP contribution in [0.25, 0.3) is 0 Å². The predicted molar refractivity (Wildman–Crippen MR) is 112 cm³/mol. The normalized spacial score (nSPS) is 17.5. The quantitative estimate of drug-likeness (QED) is 0.818. The van der Waals surface area contributed by atoms with Crippen LogP contribution >= 0.6 is 0 Å². The van der Waals surface area contributed by atoms with Gasteiger partial charge in [-0.3, -0.25) is 4.79 Å². The lowest BCUT2D eigenvalue weighted by molar-refractivity contribution is -0.138. The van der Waals surface area contributed by atoms with Gasteiger partial charge in [0.25, 0.3) is 0 Å². The summed E-state index contributed by atoms with van der Waals surface area (Å²) in [6.07, 6.45) is 4.20. The van der Waals surface area contributed by atoms with Gasteiger partial charge in [0, 0.05) is 49.8 Å². The molecule has 5 nitrogen and oxygen atoms in total. The summed E-state index contributed by atoms with van der Waals surface area (Å²) < 4.78 is 0. The van der Waals surface area contributed by atoms with E-state index in [2.05, 4.69) is 52.9 Å². The Bertz CT molecular complexity index is 867. The zero-order chi connectivity index (χ0) is 19.7. The van der Waals surface area contributed by atoms with Crippen molar-refractivity contribution in [3.63, 3.8) is 0 Å². The van der Waals surface area contributed by atoms with Gasteiger partial charge in [-0.2, -0.15) is 0 Å². The van der Waals surface area contributed by atoms with Crippen molar-refractivity contribution in [2.24, 2.45) is 5.92 Å². The molecule has 2 heterocycles. The molecule has 28 heavy (non-hydrogen) atoms. The number of piperazine rings is 1. The Labute approximate surface area is 167 Å². The average molecular weight is 379 g/mol. The molecule has 1 aliphatic carbocycles. The number of carbonyl (C=O) groups is 1. The van der Waals surface area contributed by atoms with Crippen LogP contribution in [0.5, 0.6) is 0 Å². The van der Waals surface area contributed by atoms with Gasteiger partial charge in [-0.1, -0.05) is 30.7 Å². The van der Waals surface area contributed by atoms with E-state index in [1.807, 2.05) is 6.92 Å². The first-order chi connectivity index (χ1) is 13.5. The number of rotatable bonds is 4. The molecular formula is C23H30N4O. The van der Waals surface area contributed by atoms with E-state index in [0.29, 0.717) is 5.91 Å². The van der Waals surface area contributed by atoms with Crippen LogP contribution in [0.2, 0.25) is 0 Å². The molecule has 5 heteroatoms. The maximum Gasteiger partial charge on any atom is 0.225 e. The third-order valence-corrected chi connectivity index (χ3v) is 6.28. The van der Waals surface area contributed by atoms with Gasteiger partial charge in [0.2, 0.25) is 5.91 Å². The van der Waals surface area contributed by atoms with Gasteiger partial charge in [0.05, 0.1) is 0 Å². The van der Waals surface area contributed by atoms with Crippen LogP contribution in [0.4, 0.5) is 5.82 Å². The molecule has 1 aliphatic heterocycles. The van der Waals surface area contributed by atoms with E-state index in [1.165, 1.54) is 23.1 Å². The summed E-state index contributed by atoms with van der Waals surface area (Å²) in [7, 11) is 0. The highest BCUT2D eigenvalue weighted by Gasteiger charge is 2.32. The van der Waals surface area contributed by atoms with Crippen molar-refractivity contribution in [1.29, 1.82) is 0 Å². The maximum absolute atomic E-state index is 12.6. The fourth-order valence-electron chi connectivity index (χ4n) is 4.24. The summed E-state index contributed by atoms with van der Waals surface area (Å²) in [6, 6.07) is 8.52. The van der Waals surface area contributed by atoms with Crippen molar-refractivity contribution in [3.05, 3.63) is 52.5 Å². The largest absolute Gasteiger partial charge is 0.353 e. The number of hydrogen-bond acceptors (Lipinski definition) is 4. The fourth-order valence-corrected chi connectivity index (χ4v) is 4.24. The Hall–Kier alpha value is -2.43. The van der Waals surface area contributed by atoms with Gasteiger partial charge < -0.3 is 9.80 Å². The predicted octanol–water partition coefficient (Wildman–Crippen LogP) is 3.44. The van der Waals surface area contributed by atoms with Gasteiger partial charge in [-0.05, 0) is 44.7 Å². The Balaban J connectivity index is 1.54. The van der Waals surface area contributed by atoms with E-state index in [-0.39, 0.29) is 5.92 Å². The van der Waals surface area contributed by atoms with Crippen LogP contribution in [-0.2, 0) is 11.2 Å². The molecular weight excluding hydrogens is 348 g/mol. The van der Waals surface area contributed by atoms with Crippen LogP contribution in [-0.4, -0.2) is 47.0 Å². The van der Waals surface area contributed by atoms with Crippen LogP contribution in [0.1, 0.15) is 47.5 Å². The molecule has 1 aromatic carbocycles. The van der Waals surface area contributed by atoms with E-state index in [9.17, 15) is 4.79 Å². The summed E-state index contributed by atoms with van der Waals surface area (Å²) in [5.41, 5.74) is 4.87. The highest BCUT2D eigenvalue weighted by molar-refractivity contribution is 5.80. The van der Waals surface area contributed by atoms with Crippen molar-refractivity contribution in [2.45, 2.75) is 46.5 Å². The van der Waals surface area contributed by atoms with Crippen molar-refractivity contribution in [3.8, 4) is 0 Å². The average Bonchev–Trinajstić information content (AvgIpc) is 2.64. The lowest BCUT2D eigenvalue weighted by Crippen LogP contribution is -2.51. The Morgan fingerprint density at radius 2 is 1.75 bits per heavy atom. The topological polar surface area (TPSA) is 49.3 Å². The van der Waals surface area contributed by atoms with Crippen LogP contribution in [0, 0.1) is 26.7 Å². The first-order valence-corrected chi connectivity index (χ1v) is 10.5. The van der Waals surface area contributed by atoms with Crippen molar-refractivity contribution < 1.29 is 4.79 Å². The molecule has 1 saturated heterocycles. The fraction of sp³-hybridized carbons (Fsp3) is 0.522. The highest BCUT2D eigenvalue weighted by atomic mass is 16.2. The van der Waals surface area contributed by atoms with Gasteiger partial charge in [-0.15, -0.1) is 0 Å². The Kier molecular flexibility index (Phi) is 5.33. The summed E-state index contributed by atoms with van der Waals surface area (Å²) >= 11 is 0. The molecule has 1 saturated carbocycles. The number of nitrogens with zero attached hydrogens (tertiary/aromatic N) is 4. The molecule has 4 rings (SSSR count). The van der Waals surface area contributed by atoms with Crippen LogP contribution in [0.3, 0.4) is 0 Å².